The van der Waals surface area contributed by atoms with Crippen LogP contribution in [0.4, 0.5) is 11.6 Å². The maximum atomic E-state index is 9.62. The van der Waals surface area contributed by atoms with E-state index in [1.165, 1.54) is 11.3 Å². The van der Waals surface area contributed by atoms with Crippen molar-refractivity contribution in [2.24, 2.45) is 0 Å². The lowest BCUT2D eigenvalue weighted by Gasteiger charge is -2.08. The second-order valence-corrected chi connectivity index (χ2v) is 7.45. The molecule has 0 radical (unpaired) electrons. The number of halogens is 1. The standard InChI is InChI=1S/C18H9BrN6S/c19-10-3-1-8(2-4-10)13-12(7-21)17(23)24-14-11-5-9(6-20)16(22)25-18(11)26-15(13)14/h1-5H,(H2,22,25)(H2,23,24). The Morgan fingerprint density at radius 1 is 1.00 bits per heavy atom. The second kappa shape index (κ2) is 5.95. The normalized spacial score (nSPS) is 10.7. The predicted molar refractivity (Wildman–Crippen MR) is 106 cm³/mol. The number of anilines is 2. The number of nitrogen functional groups attached to an aromatic ring is 2. The van der Waals surface area contributed by atoms with Gasteiger partial charge in [-0.05, 0) is 23.8 Å². The molecule has 0 saturated carbocycles. The quantitative estimate of drug-likeness (QED) is 0.475. The number of benzene rings is 1. The lowest BCUT2D eigenvalue weighted by Crippen LogP contribution is -1.98. The molecule has 0 fully saturated rings. The number of hydrogen-bond donors (Lipinski definition) is 2. The summed E-state index contributed by atoms with van der Waals surface area (Å²) in [5, 5.41) is 19.5. The van der Waals surface area contributed by atoms with Crippen molar-refractivity contribution in [2.45, 2.75) is 0 Å². The van der Waals surface area contributed by atoms with E-state index in [9.17, 15) is 10.5 Å². The number of thiophene rings is 1. The SMILES string of the molecule is N#Cc1cc2c(nc1N)sc1c(-c3ccc(Br)cc3)c(C#N)c(N)nc12. The average molecular weight is 421 g/mol. The maximum absolute atomic E-state index is 9.62. The van der Waals surface area contributed by atoms with Crippen LogP contribution >= 0.6 is 27.3 Å². The van der Waals surface area contributed by atoms with Crippen molar-refractivity contribution in [2.75, 3.05) is 11.5 Å². The van der Waals surface area contributed by atoms with Crippen LogP contribution in [-0.4, -0.2) is 9.97 Å². The van der Waals surface area contributed by atoms with Crippen LogP contribution in [0.2, 0.25) is 0 Å². The first kappa shape index (κ1) is 16.3. The van der Waals surface area contributed by atoms with Gasteiger partial charge in [0.2, 0.25) is 0 Å². The van der Waals surface area contributed by atoms with Crippen LogP contribution in [-0.2, 0) is 0 Å². The Hall–Kier alpha value is -3.20. The molecule has 4 rings (SSSR count). The molecule has 0 bridgehead atoms. The van der Waals surface area contributed by atoms with Gasteiger partial charge in [-0.25, -0.2) is 9.97 Å². The van der Waals surface area contributed by atoms with E-state index in [4.69, 9.17) is 11.5 Å². The zero-order valence-electron chi connectivity index (χ0n) is 13.1. The number of rotatable bonds is 1. The molecule has 0 aliphatic carbocycles. The summed E-state index contributed by atoms with van der Waals surface area (Å²) in [6.45, 7) is 0. The number of fused-ring (bicyclic) bond motifs is 3. The Morgan fingerprint density at radius 2 is 1.73 bits per heavy atom. The van der Waals surface area contributed by atoms with Crippen molar-refractivity contribution < 1.29 is 0 Å². The summed E-state index contributed by atoms with van der Waals surface area (Å²) in [6, 6.07) is 13.5. The van der Waals surface area contributed by atoms with Gasteiger partial charge in [0.05, 0.1) is 15.8 Å². The Kier molecular flexibility index (Phi) is 3.73. The van der Waals surface area contributed by atoms with Gasteiger partial charge in [0, 0.05) is 15.4 Å². The van der Waals surface area contributed by atoms with Crippen molar-refractivity contribution in [3.8, 4) is 23.3 Å². The van der Waals surface area contributed by atoms with Crippen LogP contribution in [0.25, 0.3) is 31.6 Å². The summed E-state index contributed by atoms with van der Waals surface area (Å²) in [5.74, 6) is 0.318. The van der Waals surface area contributed by atoms with Crippen LogP contribution < -0.4 is 11.5 Å². The summed E-state index contributed by atoms with van der Waals surface area (Å²) < 4.78 is 1.72. The molecule has 1 aromatic carbocycles. The molecule has 0 unspecified atom stereocenters. The smallest absolute Gasteiger partial charge is 0.143 e. The minimum absolute atomic E-state index is 0.146. The molecule has 8 heteroatoms. The highest BCUT2D eigenvalue weighted by Crippen LogP contribution is 2.42. The van der Waals surface area contributed by atoms with Gasteiger partial charge in [0.1, 0.15) is 34.2 Å². The maximum Gasteiger partial charge on any atom is 0.143 e. The number of pyridine rings is 2. The Morgan fingerprint density at radius 3 is 2.38 bits per heavy atom. The van der Waals surface area contributed by atoms with Crippen LogP contribution in [0.3, 0.4) is 0 Å². The highest BCUT2D eigenvalue weighted by Gasteiger charge is 2.20. The van der Waals surface area contributed by atoms with E-state index in [1.54, 1.807) is 6.07 Å². The van der Waals surface area contributed by atoms with Crippen molar-refractivity contribution in [1.82, 2.24) is 9.97 Å². The monoisotopic (exact) mass is 420 g/mol. The van der Waals surface area contributed by atoms with Gasteiger partial charge < -0.3 is 11.5 Å². The Labute approximate surface area is 160 Å². The molecule has 3 aromatic heterocycles. The third-order valence-corrected chi connectivity index (χ3v) is 5.65. The van der Waals surface area contributed by atoms with Crippen molar-refractivity contribution in [1.29, 1.82) is 10.5 Å². The van der Waals surface area contributed by atoms with Crippen LogP contribution in [0.15, 0.2) is 34.8 Å². The average Bonchev–Trinajstić information content (AvgIpc) is 2.97. The van der Waals surface area contributed by atoms with Gasteiger partial charge in [0.25, 0.3) is 0 Å². The predicted octanol–water partition coefficient (Wildman–Crippen LogP) is 4.18. The summed E-state index contributed by atoms with van der Waals surface area (Å²) in [7, 11) is 0. The molecular formula is C18H9BrN6S. The molecule has 0 spiro atoms. The first-order chi connectivity index (χ1) is 12.5. The molecule has 26 heavy (non-hydrogen) atoms. The first-order valence-electron chi connectivity index (χ1n) is 7.41. The summed E-state index contributed by atoms with van der Waals surface area (Å²) in [4.78, 5) is 9.38. The largest absolute Gasteiger partial charge is 0.383 e. The van der Waals surface area contributed by atoms with Crippen molar-refractivity contribution >= 4 is 59.3 Å². The van der Waals surface area contributed by atoms with Crippen LogP contribution in [0.5, 0.6) is 0 Å². The van der Waals surface area contributed by atoms with Crippen molar-refractivity contribution in [3.05, 3.63) is 45.9 Å². The van der Waals surface area contributed by atoms with Gasteiger partial charge in [-0.3, -0.25) is 0 Å². The van der Waals surface area contributed by atoms with Gasteiger partial charge in [0.15, 0.2) is 0 Å². The molecule has 3 heterocycles. The van der Waals surface area contributed by atoms with Gasteiger partial charge in [-0.2, -0.15) is 10.5 Å². The molecule has 4 N–H and O–H groups in total. The summed E-state index contributed by atoms with van der Waals surface area (Å²) >= 11 is 4.79. The molecule has 0 atom stereocenters. The van der Waals surface area contributed by atoms with E-state index in [-0.39, 0.29) is 17.2 Å². The molecule has 0 saturated heterocycles. The number of nitrogens with two attached hydrogens (primary N) is 2. The molecule has 6 nitrogen and oxygen atoms in total. The van der Waals surface area contributed by atoms with Gasteiger partial charge in [-0.15, -0.1) is 11.3 Å². The van der Waals surface area contributed by atoms with Gasteiger partial charge >= 0.3 is 0 Å². The van der Waals surface area contributed by atoms with Crippen molar-refractivity contribution in [3.63, 3.8) is 0 Å². The first-order valence-corrected chi connectivity index (χ1v) is 9.02. The summed E-state index contributed by atoms with van der Waals surface area (Å²) in [6.07, 6.45) is 0. The minimum atomic E-state index is 0.146. The number of nitriles is 2. The van der Waals surface area contributed by atoms with Gasteiger partial charge in [-0.1, -0.05) is 28.1 Å². The van der Waals surface area contributed by atoms with E-state index in [1.807, 2.05) is 30.3 Å². The van der Waals surface area contributed by atoms with E-state index in [0.717, 1.165) is 14.7 Å². The Bertz CT molecular complexity index is 1280. The van der Waals surface area contributed by atoms with E-state index < -0.39 is 0 Å². The van der Waals surface area contributed by atoms with E-state index in [0.29, 0.717) is 26.9 Å². The van der Waals surface area contributed by atoms with E-state index in [2.05, 4.69) is 32.0 Å². The van der Waals surface area contributed by atoms with Crippen LogP contribution in [0, 0.1) is 22.7 Å². The third kappa shape index (κ3) is 2.36. The third-order valence-electron chi connectivity index (χ3n) is 4.02. The molecule has 4 aromatic rings. The fourth-order valence-corrected chi connectivity index (χ4v) is 4.26. The lowest BCUT2D eigenvalue weighted by atomic mass is 10.00. The highest BCUT2D eigenvalue weighted by atomic mass is 79.9. The lowest BCUT2D eigenvalue weighted by molar-refractivity contribution is 1.38. The second-order valence-electron chi connectivity index (χ2n) is 5.53. The molecule has 0 aliphatic rings. The molecule has 0 amide bonds. The molecule has 124 valence electrons. The minimum Gasteiger partial charge on any atom is -0.383 e. The zero-order chi connectivity index (χ0) is 18.4. The number of aromatic nitrogens is 2. The Balaban J connectivity index is 2.19. The fraction of sp³-hybridized carbons (Fsp3) is 0. The van der Waals surface area contributed by atoms with E-state index >= 15 is 0 Å². The molecule has 0 aliphatic heterocycles. The topological polar surface area (TPSA) is 125 Å². The number of hydrogen-bond acceptors (Lipinski definition) is 7. The number of nitrogens with zero attached hydrogens (tertiary/aromatic N) is 4. The highest BCUT2D eigenvalue weighted by molar-refractivity contribution is 9.10. The van der Waals surface area contributed by atoms with Crippen LogP contribution in [0.1, 0.15) is 11.1 Å². The summed E-state index contributed by atoms with van der Waals surface area (Å²) in [5.41, 5.74) is 14.7. The fourth-order valence-electron chi connectivity index (χ4n) is 2.82. The molecular weight excluding hydrogens is 412 g/mol. The zero-order valence-corrected chi connectivity index (χ0v) is 15.5.